The Morgan fingerprint density at radius 2 is 1.58 bits per heavy atom. The molecule has 9 heteroatoms. The molecule has 0 aliphatic carbocycles. The van der Waals surface area contributed by atoms with Gasteiger partial charge in [-0.3, -0.25) is 9.78 Å². The zero-order valence-corrected chi connectivity index (χ0v) is 21.7. The van der Waals surface area contributed by atoms with Gasteiger partial charge in [-0.1, -0.05) is 40.2 Å². The number of carbonyl (C=O) groups excluding carboxylic acids is 1. The topological polar surface area (TPSA) is 90.8 Å². The smallest absolute Gasteiger partial charge is 0.253 e. The second kappa shape index (κ2) is 10.1. The molecule has 1 amide bonds. The van der Waals surface area contributed by atoms with Gasteiger partial charge in [-0.05, 0) is 70.4 Å². The number of hydrogen-bond acceptors (Lipinski definition) is 5. The van der Waals surface area contributed by atoms with E-state index in [4.69, 9.17) is 0 Å². The second-order valence-electron chi connectivity index (χ2n) is 8.67. The van der Waals surface area contributed by atoms with Gasteiger partial charge in [0.2, 0.25) is 10.0 Å². The Hall–Kier alpha value is -3.11. The average molecular weight is 566 g/mol. The van der Waals surface area contributed by atoms with Crippen LogP contribution in [0, 0.1) is 0 Å². The first kappa shape index (κ1) is 24.6. The molecule has 1 aliphatic rings. The largest absolute Gasteiger partial charge is 0.395 e. The maximum Gasteiger partial charge on any atom is 0.253 e. The van der Waals surface area contributed by atoms with Gasteiger partial charge in [0.15, 0.2) is 0 Å². The number of sulfonamides is 1. The monoisotopic (exact) mass is 565 g/mol. The van der Waals surface area contributed by atoms with Gasteiger partial charge in [-0.2, -0.15) is 4.31 Å². The third-order valence-corrected chi connectivity index (χ3v) is 8.89. The van der Waals surface area contributed by atoms with Crippen molar-refractivity contribution < 1.29 is 18.3 Å². The number of halogens is 1. The number of amides is 1. The van der Waals surface area contributed by atoms with Gasteiger partial charge in [-0.15, -0.1) is 0 Å². The van der Waals surface area contributed by atoms with Crippen LogP contribution < -0.4 is 0 Å². The normalized spacial score (nSPS) is 16.8. The first-order chi connectivity index (χ1) is 17.4. The molecule has 0 spiro atoms. The third-order valence-electron chi connectivity index (χ3n) is 6.45. The predicted octanol–water partition coefficient (Wildman–Crippen LogP) is 4.17. The number of rotatable bonds is 5. The van der Waals surface area contributed by atoms with Crippen LogP contribution in [0.3, 0.4) is 0 Å². The van der Waals surface area contributed by atoms with Crippen LogP contribution in [0.1, 0.15) is 10.4 Å². The van der Waals surface area contributed by atoms with Crippen LogP contribution in [0.25, 0.3) is 21.9 Å². The van der Waals surface area contributed by atoms with E-state index in [0.717, 1.165) is 26.4 Å². The lowest BCUT2D eigenvalue weighted by Crippen LogP contribution is -2.57. The fraction of sp³-hybridized carbons (Fsp3) is 0.185. The number of nitrogens with zero attached hydrogens (tertiary/aromatic N) is 3. The van der Waals surface area contributed by atoms with Crippen LogP contribution in [0.4, 0.5) is 0 Å². The predicted molar refractivity (Wildman–Crippen MR) is 142 cm³/mol. The van der Waals surface area contributed by atoms with E-state index < -0.39 is 16.1 Å². The van der Waals surface area contributed by atoms with Crippen molar-refractivity contribution in [3.05, 3.63) is 95.2 Å². The molecule has 1 atom stereocenters. The van der Waals surface area contributed by atoms with E-state index >= 15 is 0 Å². The van der Waals surface area contributed by atoms with Crippen molar-refractivity contribution in [2.24, 2.45) is 0 Å². The lowest BCUT2D eigenvalue weighted by molar-refractivity contribution is 0.0552. The number of aliphatic hydroxyl groups excluding tert-OH is 1. The number of pyridine rings is 1. The van der Waals surface area contributed by atoms with E-state index in [1.807, 2.05) is 42.5 Å². The van der Waals surface area contributed by atoms with E-state index in [9.17, 15) is 18.3 Å². The zero-order chi connectivity index (χ0) is 25.3. The lowest BCUT2D eigenvalue weighted by atomic mass is 10.0. The molecule has 0 saturated carbocycles. The summed E-state index contributed by atoms with van der Waals surface area (Å²) in [7, 11) is -3.86. The Morgan fingerprint density at radius 1 is 0.917 bits per heavy atom. The van der Waals surface area contributed by atoms with E-state index in [1.165, 1.54) is 4.31 Å². The zero-order valence-electron chi connectivity index (χ0n) is 19.3. The Labute approximate surface area is 218 Å². The summed E-state index contributed by atoms with van der Waals surface area (Å²) in [6.07, 6.45) is 3.43. The van der Waals surface area contributed by atoms with Crippen molar-refractivity contribution in [3.63, 3.8) is 0 Å². The molecule has 2 heterocycles. The molecular weight excluding hydrogens is 542 g/mol. The van der Waals surface area contributed by atoms with E-state index in [2.05, 4.69) is 20.9 Å². The van der Waals surface area contributed by atoms with Crippen molar-refractivity contribution >= 4 is 42.6 Å². The van der Waals surface area contributed by atoms with Gasteiger partial charge in [-0.25, -0.2) is 8.42 Å². The van der Waals surface area contributed by atoms with Crippen molar-refractivity contribution in [1.82, 2.24) is 14.2 Å². The summed E-state index contributed by atoms with van der Waals surface area (Å²) in [6.45, 7) is 0.0691. The van der Waals surface area contributed by atoms with Crippen LogP contribution in [0.5, 0.6) is 0 Å². The minimum Gasteiger partial charge on any atom is -0.395 e. The molecule has 36 heavy (non-hydrogen) atoms. The van der Waals surface area contributed by atoms with Crippen molar-refractivity contribution in [2.75, 3.05) is 26.2 Å². The summed E-state index contributed by atoms with van der Waals surface area (Å²) in [4.78, 5) is 19.0. The minimum absolute atomic E-state index is 0.104. The van der Waals surface area contributed by atoms with Crippen LogP contribution in [0.15, 0.2) is 94.6 Å². The molecular formula is C27H24BrN3O4S. The Kier molecular flexibility index (Phi) is 6.90. The highest BCUT2D eigenvalue weighted by molar-refractivity contribution is 9.10. The fourth-order valence-corrected chi connectivity index (χ4v) is 6.52. The SMILES string of the molecule is O=C(c1ccc(-c2ccncc2)cc1)N1CCN(S(=O)(=O)c2ccc3cc(Br)ccc3c2)C(CO)C1. The number of piperazine rings is 1. The van der Waals surface area contributed by atoms with Crippen molar-refractivity contribution in [1.29, 1.82) is 0 Å². The molecule has 1 fully saturated rings. The van der Waals surface area contributed by atoms with Gasteiger partial charge >= 0.3 is 0 Å². The lowest BCUT2D eigenvalue weighted by Gasteiger charge is -2.39. The minimum atomic E-state index is -3.86. The Bertz CT molecular complexity index is 1510. The van der Waals surface area contributed by atoms with Gasteiger partial charge < -0.3 is 10.0 Å². The van der Waals surface area contributed by atoms with Gasteiger partial charge in [0, 0.05) is 42.1 Å². The number of hydrogen-bond donors (Lipinski definition) is 1. The Morgan fingerprint density at radius 3 is 2.31 bits per heavy atom. The summed E-state index contributed by atoms with van der Waals surface area (Å²) in [5, 5.41) is 11.8. The highest BCUT2D eigenvalue weighted by atomic mass is 79.9. The maximum absolute atomic E-state index is 13.5. The standard InChI is InChI=1S/C27H24BrN3O4S/c28-24-7-5-23-16-26(8-6-22(23)15-24)36(34,35)31-14-13-30(17-25(31)18-32)27(33)21-3-1-19(2-4-21)20-9-11-29-12-10-20/h1-12,15-16,25,32H,13-14,17-18H2. The number of fused-ring (bicyclic) bond motifs is 1. The Balaban J connectivity index is 1.33. The first-order valence-corrected chi connectivity index (χ1v) is 13.7. The molecule has 7 nitrogen and oxygen atoms in total. The molecule has 1 unspecified atom stereocenters. The average Bonchev–Trinajstić information content (AvgIpc) is 2.92. The van der Waals surface area contributed by atoms with E-state index in [1.54, 1.807) is 47.6 Å². The van der Waals surface area contributed by atoms with E-state index in [-0.39, 0.29) is 37.0 Å². The molecule has 3 aromatic carbocycles. The molecule has 0 radical (unpaired) electrons. The van der Waals surface area contributed by atoms with Crippen LogP contribution in [-0.4, -0.2) is 65.9 Å². The van der Waals surface area contributed by atoms with Gasteiger partial charge in [0.1, 0.15) is 0 Å². The summed E-state index contributed by atoms with van der Waals surface area (Å²) >= 11 is 3.43. The number of carbonyl (C=O) groups is 1. The van der Waals surface area contributed by atoms with Crippen LogP contribution in [-0.2, 0) is 10.0 Å². The fourth-order valence-electron chi connectivity index (χ4n) is 4.51. The van der Waals surface area contributed by atoms with Crippen LogP contribution >= 0.6 is 15.9 Å². The molecule has 1 aromatic heterocycles. The summed E-state index contributed by atoms with van der Waals surface area (Å²) in [5.41, 5.74) is 2.49. The number of aliphatic hydroxyl groups is 1. The molecule has 1 saturated heterocycles. The summed E-state index contributed by atoms with van der Waals surface area (Å²) in [6, 6.07) is 21.0. The highest BCUT2D eigenvalue weighted by Gasteiger charge is 2.37. The van der Waals surface area contributed by atoms with Crippen molar-refractivity contribution in [2.45, 2.75) is 10.9 Å². The molecule has 1 aliphatic heterocycles. The highest BCUT2D eigenvalue weighted by Crippen LogP contribution is 2.27. The molecule has 1 N–H and O–H groups in total. The molecule has 184 valence electrons. The summed E-state index contributed by atoms with van der Waals surface area (Å²) < 4.78 is 29.2. The molecule has 5 rings (SSSR count). The van der Waals surface area contributed by atoms with Crippen LogP contribution in [0.2, 0.25) is 0 Å². The number of aromatic nitrogens is 1. The maximum atomic E-state index is 13.5. The third kappa shape index (κ3) is 4.79. The van der Waals surface area contributed by atoms with E-state index in [0.29, 0.717) is 5.56 Å². The van der Waals surface area contributed by atoms with Gasteiger partial charge in [0.05, 0.1) is 17.5 Å². The quantitative estimate of drug-likeness (QED) is 0.392. The number of benzene rings is 3. The van der Waals surface area contributed by atoms with Crippen molar-refractivity contribution in [3.8, 4) is 11.1 Å². The molecule has 4 aromatic rings. The second-order valence-corrected chi connectivity index (χ2v) is 11.5. The van der Waals surface area contributed by atoms with Gasteiger partial charge in [0.25, 0.3) is 5.91 Å². The first-order valence-electron chi connectivity index (χ1n) is 11.5. The summed E-state index contributed by atoms with van der Waals surface area (Å²) in [5.74, 6) is -0.192. The molecule has 0 bridgehead atoms.